The average Bonchev–Trinajstić information content (AvgIpc) is 2.53. The van der Waals surface area contributed by atoms with Crippen LogP contribution in [0.5, 0.6) is 0 Å². The molecule has 0 spiro atoms. The number of hydrogen-bond donors (Lipinski definition) is 1. The van der Waals surface area contributed by atoms with E-state index in [0.717, 1.165) is 22.3 Å². The minimum absolute atomic E-state index is 0.152. The third-order valence-corrected chi connectivity index (χ3v) is 7.26. The summed E-state index contributed by atoms with van der Waals surface area (Å²) in [5, 5.41) is 8.71. The zero-order valence-corrected chi connectivity index (χ0v) is 16.3. The average molecular weight is 368 g/mol. The Labute approximate surface area is 150 Å². The molecule has 0 amide bonds. The number of benzene rings is 1. The van der Waals surface area contributed by atoms with Crippen molar-refractivity contribution in [3.05, 3.63) is 28.3 Å². The second-order valence-electron chi connectivity index (χ2n) is 6.83. The molecule has 0 atom stereocenters. The highest BCUT2D eigenvalue weighted by molar-refractivity contribution is 7.89. The zero-order valence-electron chi connectivity index (χ0n) is 15.5. The summed E-state index contributed by atoms with van der Waals surface area (Å²) in [6.07, 6.45) is 0.747. The van der Waals surface area contributed by atoms with E-state index in [4.69, 9.17) is 5.11 Å². The van der Waals surface area contributed by atoms with Crippen LogP contribution >= 0.6 is 0 Å². The predicted molar refractivity (Wildman–Crippen MR) is 97.5 cm³/mol. The summed E-state index contributed by atoms with van der Waals surface area (Å²) in [5.74, 6) is -0.790. The Hall–Kier alpha value is -1.44. The van der Waals surface area contributed by atoms with Crippen LogP contribution in [0.25, 0.3) is 0 Å². The second-order valence-corrected chi connectivity index (χ2v) is 8.71. The van der Waals surface area contributed by atoms with Crippen molar-refractivity contribution in [2.24, 2.45) is 0 Å². The molecule has 140 valence electrons. The van der Waals surface area contributed by atoms with Crippen LogP contribution in [0.4, 0.5) is 0 Å². The molecule has 7 heteroatoms. The molecule has 1 N–H and O–H groups in total. The van der Waals surface area contributed by atoms with Crippen molar-refractivity contribution < 1.29 is 18.3 Å². The summed E-state index contributed by atoms with van der Waals surface area (Å²) in [6.45, 7) is 10.5. The van der Waals surface area contributed by atoms with Gasteiger partial charge in [0.05, 0.1) is 4.90 Å². The molecule has 1 saturated heterocycles. The van der Waals surface area contributed by atoms with E-state index < -0.39 is 16.0 Å². The van der Waals surface area contributed by atoms with Gasteiger partial charge in [-0.15, -0.1) is 0 Å². The zero-order chi connectivity index (χ0) is 18.8. The molecule has 1 aliphatic heterocycles. The Morgan fingerprint density at radius 3 is 2.04 bits per heavy atom. The first-order chi connectivity index (χ1) is 11.6. The molecule has 0 saturated carbocycles. The Morgan fingerprint density at radius 2 is 1.56 bits per heavy atom. The highest BCUT2D eigenvalue weighted by atomic mass is 32.2. The van der Waals surface area contributed by atoms with Gasteiger partial charge in [0.15, 0.2) is 0 Å². The van der Waals surface area contributed by atoms with Crippen molar-refractivity contribution in [3.63, 3.8) is 0 Å². The molecule has 0 aromatic heterocycles. The number of carboxylic acid groups (broad SMARTS) is 1. The van der Waals surface area contributed by atoms with Gasteiger partial charge in [0.2, 0.25) is 10.0 Å². The lowest BCUT2D eigenvalue weighted by molar-refractivity contribution is -0.137. The van der Waals surface area contributed by atoms with E-state index in [0.29, 0.717) is 44.0 Å². The minimum atomic E-state index is -3.51. The summed E-state index contributed by atoms with van der Waals surface area (Å²) < 4.78 is 27.9. The van der Waals surface area contributed by atoms with Crippen molar-refractivity contribution in [1.82, 2.24) is 9.21 Å². The highest BCUT2D eigenvalue weighted by Crippen LogP contribution is 2.29. The van der Waals surface area contributed by atoms with Gasteiger partial charge in [-0.05, 0) is 62.9 Å². The third-order valence-electron chi connectivity index (χ3n) is 5.09. The van der Waals surface area contributed by atoms with Gasteiger partial charge in [-0.25, -0.2) is 8.42 Å². The SMILES string of the molecule is Cc1cc(C)c(C)c(S(=O)(=O)N2CCN(CCCC(=O)O)CC2)c1C. The molecule has 25 heavy (non-hydrogen) atoms. The largest absolute Gasteiger partial charge is 0.481 e. The molecule has 1 aliphatic rings. The van der Waals surface area contributed by atoms with Gasteiger partial charge in [-0.2, -0.15) is 4.31 Å². The van der Waals surface area contributed by atoms with Gasteiger partial charge >= 0.3 is 5.97 Å². The quantitative estimate of drug-likeness (QED) is 0.832. The van der Waals surface area contributed by atoms with Gasteiger partial charge in [0, 0.05) is 32.6 Å². The topological polar surface area (TPSA) is 77.9 Å². The summed E-state index contributed by atoms with van der Waals surface area (Å²) in [4.78, 5) is 13.2. The van der Waals surface area contributed by atoms with E-state index in [9.17, 15) is 13.2 Å². The maximum Gasteiger partial charge on any atom is 0.303 e. The van der Waals surface area contributed by atoms with Crippen molar-refractivity contribution in [1.29, 1.82) is 0 Å². The second kappa shape index (κ2) is 7.85. The van der Waals surface area contributed by atoms with Crippen molar-refractivity contribution in [2.45, 2.75) is 45.4 Å². The number of carbonyl (C=O) groups is 1. The van der Waals surface area contributed by atoms with Crippen LogP contribution in [-0.2, 0) is 14.8 Å². The highest BCUT2D eigenvalue weighted by Gasteiger charge is 2.31. The van der Waals surface area contributed by atoms with Crippen LogP contribution in [0.3, 0.4) is 0 Å². The van der Waals surface area contributed by atoms with Crippen LogP contribution in [0.15, 0.2) is 11.0 Å². The lowest BCUT2D eigenvalue weighted by Gasteiger charge is -2.34. The standard InChI is InChI=1S/C18H28N2O4S/c1-13-12-14(2)16(4)18(15(13)3)25(23,24)20-10-8-19(9-11-20)7-5-6-17(21)22/h12H,5-11H2,1-4H3,(H,21,22). The smallest absolute Gasteiger partial charge is 0.303 e. The molecule has 1 heterocycles. The van der Waals surface area contributed by atoms with E-state index in [1.54, 1.807) is 4.31 Å². The van der Waals surface area contributed by atoms with Crippen LogP contribution in [-0.4, -0.2) is 61.4 Å². The number of hydrogen-bond acceptors (Lipinski definition) is 4. The fourth-order valence-corrected chi connectivity index (χ4v) is 5.34. The van der Waals surface area contributed by atoms with Crippen LogP contribution in [0.1, 0.15) is 35.1 Å². The molecule has 0 aliphatic carbocycles. The summed E-state index contributed by atoms with van der Waals surface area (Å²) in [7, 11) is -3.51. The summed E-state index contributed by atoms with van der Waals surface area (Å²) >= 11 is 0. The molecule has 1 fully saturated rings. The van der Waals surface area contributed by atoms with E-state index in [-0.39, 0.29) is 6.42 Å². The maximum atomic E-state index is 13.2. The van der Waals surface area contributed by atoms with Crippen LogP contribution in [0, 0.1) is 27.7 Å². The maximum absolute atomic E-state index is 13.2. The molecule has 0 unspecified atom stereocenters. The number of piperazine rings is 1. The normalized spacial score (nSPS) is 17.0. The van der Waals surface area contributed by atoms with E-state index in [2.05, 4.69) is 4.90 Å². The Morgan fingerprint density at radius 1 is 1.04 bits per heavy atom. The lowest BCUT2D eigenvalue weighted by atomic mass is 10.0. The number of rotatable bonds is 6. The van der Waals surface area contributed by atoms with Gasteiger partial charge in [-0.3, -0.25) is 4.79 Å². The van der Waals surface area contributed by atoms with E-state index in [1.165, 1.54) is 0 Å². The fraction of sp³-hybridized carbons (Fsp3) is 0.611. The molecule has 0 radical (unpaired) electrons. The number of nitrogens with zero attached hydrogens (tertiary/aromatic N) is 2. The Kier molecular flexibility index (Phi) is 6.24. The van der Waals surface area contributed by atoms with Crippen molar-refractivity contribution >= 4 is 16.0 Å². The first-order valence-corrected chi connectivity index (χ1v) is 10.1. The van der Waals surface area contributed by atoms with E-state index >= 15 is 0 Å². The Bertz CT molecular complexity index is 725. The first kappa shape index (κ1) is 19.9. The van der Waals surface area contributed by atoms with E-state index in [1.807, 2.05) is 33.8 Å². The monoisotopic (exact) mass is 368 g/mol. The van der Waals surface area contributed by atoms with Gasteiger partial charge in [-0.1, -0.05) is 6.07 Å². The van der Waals surface area contributed by atoms with Crippen molar-refractivity contribution in [3.8, 4) is 0 Å². The summed E-state index contributed by atoms with van der Waals surface area (Å²) in [5.41, 5.74) is 3.64. The van der Waals surface area contributed by atoms with Gasteiger partial charge < -0.3 is 10.0 Å². The number of aryl methyl sites for hydroxylation is 2. The van der Waals surface area contributed by atoms with Crippen LogP contribution < -0.4 is 0 Å². The number of aliphatic carboxylic acids is 1. The third kappa shape index (κ3) is 4.40. The molecule has 6 nitrogen and oxygen atoms in total. The van der Waals surface area contributed by atoms with Gasteiger partial charge in [0.25, 0.3) is 0 Å². The minimum Gasteiger partial charge on any atom is -0.481 e. The summed E-state index contributed by atoms with van der Waals surface area (Å²) in [6, 6.07) is 2.03. The molecule has 1 aromatic rings. The fourth-order valence-electron chi connectivity index (χ4n) is 3.34. The predicted octanol–water partition coefficient (Wildman–Crippen LogP) is 2.09. The molecule has 2 rings (SSSR count). The molecule has 1 aromatic carbocycles. The molecular formula is C18H28N2O4S. The number of sulfonamides is 1. The van der Waals surface area contributed by atoms with Crippen molar-refractivity contribution in [2.75, 3.05) is 32.7 Å². The molecule has 0 bridgehead atoms. The first-order valence-electron chi connectivity index (χ1n) is 8.66. The molecular weight excluding hydrogens is 340 g/mol. The Balaban J connectivity index is 2.12. The lowest BCUT2D eigenvalue weighted by Crippen LogP contribution is -2.49. The number of carboxylic acids is 1. The van der Waals surface area contributed by atoms with Crippen LogP contribution in [0.2, 0.25) is 0 Å². The van der Waals surface area contributed by atoms with Gasteiger partial charge in [0.1, 0.15) is 0 Å².